The molecule has 1 aliphatic rings. The van der Waals surface area contributed by atoms with E-state index in [0.29, 0.717) is 6.42 Å². The maximum atomic E-state index is 11.9. The third-order valence-corrected chi connectivity index (χ3v) is 3.91. The van der Waals surface area contributed by atoms with Crippen molar-refractivity contribution in [2.75, 3.05) is 39.6 Å². The summed E-state index contributed by atoms with van der Waals surface area (Å²) < 4.78 is 29.1. The number of urea groups is 1. The SMILES string of the molecule is CN(C(=O)NCCCNS(C)(=O)=O)C1COCC1C(=O)O. The number of ether oxygens (including phenoxy) is 1. The Kier molecular flexibility index (Phi) is 6.37. The van der Waals surface area contributed by atoms with Gasteiger partial charge in [-0.1, -0.05) is 0 Å². The molecule has 0 radical (unpaired) electrons. The minimum absolute atomic E-state index is 0.0932. The highest BCUT2D eigenvalue weighted by atomic mass is 32.2. The van der Waals surface area contributed by atoms with Crippen LogP contribution in [0.4, 0.5) is 4.79 Å². The lowest BCUT2D eigenvalue weighted by Crippen LogP contribution is -2.48. The summed E-state index contributed by atoms with van der Waals surface area (Å²) in [6, 6.07) is -0.909. The summed E-state index contributed by atoms with van der Waals surface area (Å²) in [6.45, 7) is 0.802. The van der Waals surface area contributed by atoms with Crippen LogP contribution in [0.1, 0.15) is 6.42 Å². The molecule has 2 unspecified atom stereocenters. The van der Waals surface area contributed by atoms with Crippen molar-refractivity contribution in [1.82, 2.24) is 14.9 Å². The smallest absolute Gasteiger partial charge is 0.317 e. The molecule has 1 rings (SSSR count). The van der Waals surface area contributed by atoms with E-state index >= 15 is 0 Å². The predicted octanol–water partition coefficient (Wildman–Crippen LogP) is -1.33. The minimum atomic E-state index is -3.23. The predicted molar refractivity (Wildman–Crippen MR) is 74.4 cm³/mol. The molecule has 0 bridgehead atoms. The number of carboxylic acids is 1. The minimum Gasteiger partial charge on any atom is -0.481 e. The monoisotopic (exact) mass is 323 g/mol. The Morgan fingerprint density at radius 2 is 2.00 bits per heavy atom. The quantitative estimate of drug-likeness (QED) is 0.498. The molecule has 0 aliphatic carbocycles. The van der Waals surface area contributed by atoms with Crippen LogP contribution in [0.2, 0.25) is 0 Å². The zero-order valence-electron chi connectivity index (χ0n) is 12.0. The highest BCUT2D eigenvalue weighted by Gasteiger charge is 2.38. The average Bonchev–Trinajstić information content (AvgIpc) is 2.85. The molecule has 0 aromatic heterocycles. The number of carbonyl (C=O) groups is 2. The van der Waals surface area contributed by atoms with Gasteiger partial charge in [0.05, 0.1) is 25.5 Å². The normalized spacial score (nSPS) is 22.0. The number of nitrogens with zero attached hydrogens (tertiary/aromatic N) is 1. The molecular formula is C11H21N3O6S. The van der Waals surface area contributed by atoms with Crippen LogP contribution in [0.15, 0.2) is 0 Å². The second-order valence-electron chi connectivity index (χ2n) is 4.91. The van der Waals surface area contributed by atoms with Gasteiger partial charge in [-0.05, 0) is 6.42 Å². The van der Waals surface area contributed by atoms with E-state index in [2.05, 4.69) is 10.0 Å². The van der Waals surface area contributed by atoms with Gasteiger partial charge in [0, 0.05) is 20.1 Å². The number of aliphatic carboxylic acids is 1. The van der Waals surface area contributed by atoms with Crippen molar-refractivity contribution in [2.45, 2.75) is 12.5 Å². The van der Waals surface area contributed by atoms with Crippen LogP contribution in [0.25, 0.3) is 0 Å². The summed E-state index contributed by atoms with van der Waals surface area (Å²) in [7, 11) is -1.71. The van der Waals surface area contributed by atoms with Crippen molar-refractivity contribution in [1.29, 1.82) is 0 Å². The van der Waals surface area contributed by atoms with Crippen LogP contribution in [-0.2, 0) is 19.6 Å². The number of carboxylic acid groups (broad SMARTS) is 1. The summed E-state index contributed by atoms with van der Waals surface area (Å²) in [4.78, 5) is 24.2. The van der Waals surface area contributed by atoms with Gasteiger partial charge in [-0.15, -0.1) is 0 Å². The first-order valence-corrected chi connectivity index (χ1v) is 8.37. The van der Waals surface area contributed by atoms with Crippen molar-refractivity contribution in [3.63, 3.8) is 0 Å². The first-order chi connectivity index (χ1) is 9.72. The highest BCUT2D eigenvalue weighted by molar-refractivity contribution is 7.88. The summed E-state index contributed by atoms with van der Waals surface area (Å²) >= 11 is 0. The van der Waals surface area contributed by atoms with E-state index in [1.165, 1.54) is 11.9 Å². The Labute approximate surface area is 123 Å². The Hall–Kier alpha value is -1.39. The average molecular weight is 323 g/mol. The van der Waals surface area contributed by atoms with Crippen LogP contribution < -0.4 is 10.0 Å². The van der Waals surface area contributed by atoms with Crippen LogP contribution >= 0.6 is 0 Å². The summed E-state index contributed by atoms with van der Waals surface area (Å²) in [6.07, 6.45) is 1.50. The largest absolute Gasteiger partial charge is 0.481 e. The van der Waals surface area contributed by atoms with Crippen LogP contribution in [-0.4, -0.2) is 76.1 Å². The van der Waals surface area contributed by atoms with Crippen molar-refractivity contribution >= 4 is 22.0 Å². The van der Waals surface area contributed by atoms with Crippen LogP contribution in [0.5, 0.6) is 0 Å². The van der Waals surface area contributed by atoms with Gasteiger partial charge in [-0.25, -0.2) is 17.9 Å². The summed E-state index contributed by atoms with van der Waals surface area (Å²) in [5, 5.41) is 11.6. The molecule has 1 aliphatic heterocycles. The van der Waals surface area contributed by atoms with Gasteiger partial charge in [0.25, 0.3) is 0 Å². The van der Waals surface area contributed by atoms with Gasteiger partial charge < -0.3 is 20.1 Å². The molecule has 9 nitrogen and oxygen atoms in total. The standard InChI is InChI=1S/C11H21N3O6S/c1-14(9-7-20-6-8(9)10(15)16)11(17)12-4-3-5-13-21(2,18)19/h8-9,13H,3-7H2,1-2H3,(H,12,17)(H,15,16). The number of hydrogen-bond acceptors (Lipinski definition) is 5. The van der Waals surface area contributed by atoms with E-state index in [4.69, 9.17) is 9.84 Å². The van der Waals surface area contributed by atoms with E-state index in [0.717, 1.165) is 6.26 Å². The first-order valence-electron chi connectivity index (χ1n) is 6.48. The van der Waals surface area contributed by atoms with Gasteiger partial charge in [-0.3, -0.25) is 4.79 Å². The second-order valence-corrected chi connectivity index (χ2v) is 6.75. The van der Waals surface area contributed by atoms with E-state index in [1.807, 2.05) is 0 Å². The number of likely N-dealkylation sites (N-methyl/N-ethyl adjacent to an activating group) is 1. The van der Waals surface area contributed by atoms with Crippen molar-refractivity contribution in [2.24, 2.45) is 5.92 Å². The Balaban J connectivity index is 2.33. The third kappa shape index (κ3) is 5.86. The molecule has 122 valence electrons. The lowest BCUT2D eigenvalue weighted by Gasteiger charge is -2.26. The molecule has 10 heteroatoms. The van der Waals surface area contributed by atoms with Crippen molar-refractivity contribution < 1.29 is 27.9 Å². The van der Waals surface area contributed by atoms with Gasteiger partial charge in [0.2, 0.25) is 10.0 Å². The number of amides is 2. The second kappa shape index (κ2) is 7.57. The van der Waals surface area contributed by atoms with Gasteiger partial charge in [-0.2, -0.15) is 0 Å². The van der Waals surface area contributed by atoms with Gasteiger partial charge in [0.1, 0.15) is 5.92 Å². The van der Waals surface area contributed by atoms with Gasteiger partial charge in [0.15, 0.2) is 0 Å². The van der Waals surface area contributed by atoms with E-state index in [1.54, 1.807) is 0 Å². The topological polar surface area (TPSA) is 125 Å². The van der Waals surface area contributed by atoms with E-state index in [-0.39, 0.29) is 26.3 Å². The molecule has 0 aromatic carbocycles. The fourth-order valence-electron chi connectivity index (χ4n) is 1.98. The number of nitrogens with one attached hydrogen (secondary N) is 2. The van der Waals surface area contributed by atoms with Crippen molar-refractivity contribution in [3.8, 4) is 0 Å². The lowest BCUT2D eigenvalue weighted by atomic mass is 10.0. The third-order valence-electron chi connectivity index (χ3n) is 3.18. The Morgan fingerprint density at radius 1 is 1.33 bits per heavy atom. The van der Waals surface area contributed by atoms with Crippen LogP contribution in [0.3, 0.4) is 0 Å². The molecule has 1 fully saturated rings. The summed E-state index contributed by atoms with van der Waals surface area (Å²) in [5.74, 6) is -1.72. The fourth-order valence-corrected chi connectivity index (χ4v) is 2.49. The number of sulfonamides is 1. The number of rotatable bonds is 7. The summed E-state index contributed by atoms with van der Waals surface area (Å²) in [5.41, 5.74) is 0. The molecule has 0 spiro atoms. The molecule has 1 heterocycles. The molecule has 3 N–H and O–H groups in total. The zero-order valence-corrected chi connectivity index (χ0v) is 12.9. The molecule has 21 heavy (non-hydrogen) atoms. The molecule has 0 saturated carbocycles. The molecular weight excluding hydrogens is 302 g/mol. The van der Waals surface area contributed by atoms with Crippen LogP contribution in [0, 0.1) is 5.92 Å². The molecule has 0 aromatic rings. The lowest BCUT2D eigenvalue weighted by molar-refractivity contribution is -0.142. The first kappa shape index (κ1) is 17.7. The molecule has 1 saturated heterocycles. The van der Waals surface area contributed by atoms with E-state index < -0.39 is 34.0 Å². The van der Waals surface area contributed by atoms with Crippen molar-refractivity contribution in [3.05, 3.63) is 0 Å². The maximum Gasteiger partial charge on any atom is 0.317 e. The van der Waals surface area contributed by atoms with E-state index in [9.17, 15) is 18.0 Å². The highest BCUT2D eigenvalue weighted by Crippen LogP contribution is 2.18. The Bertz CT molecular complexity index is 480. The zero-order chi connectivity index (χ0) is 16.0. The number of hydrogen-bond donors (Lipinski definition) is 3. The molecule has 2 amide bonds. The molecule has 2 atom stereocenters. The maximum absolute atomic E-state index is 11.9. The van der Waals surface area contributed by atoms with Gasteiger partial charge >= 0.3 is 12.0 Å². The number of carbonyl (C=O) groups excluding carboxylic acids is 1. The fraction of sp³-hybridized carbons (Fsp3) is 0.818. The Morgan fingerprint density at radius 3 is 2.57 bits per heavy atom.